The molecule has 5 rings (SSSR count). The van der Waals surface area contributed by atoms with Crippen LogP contribution in [-0.4, -0.2) is 37.0 Å². The molecule has 1 unspecified atom stereocenters. The van der Waals surface area contributed by atoms with Crippen LogP contribution in [0.1, 0.15) is 39.5 Å². The Morgan fingerprint density at radius 3 is 2.10 bits per heavy atom. The molecular weight excluding hydrogens is 554 g/mol. The van der Waals surface area contributed by atoms with Crippen LogP contribution in [0.3, 0.4) is 0 Å². The minimum atomic E-state index is -4.85. The standard InChI is InChI=1S/C30H29F4N3O3Si/c1-29(2,3)41(22-10-6-4-7-11-22,23-12-8-5-9-13-23)39-19-21-15-17-26(38)37(21)20-14-16-24(25(31)18-20)27-35-28(40-36-27)30(32,33)34/h4-14,16,18,21H,15,17,19H2,1-3H3. The number of aromatic nitrogens is 2. The van der Waals surface area contributed by atoms with E-state index in [4.69, 9.17) is 4.43 Å². The molecule has 1 atom stereocenters. The first kappa shape index (κ1) is 28.7. The molecule has 1 fully saturated rings. The van der Waals surface area contributed by atoms with Gasteiger partial charge >= 0.3 is 12.1 Å². The lowest BCUT2D eigenvalue weighted by Crippen LogP contribution is -2.67. The van der Waals surface area contributed by atoms with Gasteiger partial charge in [-0.1, -0.05) is 86.6 Å². The molecule has 0 spiro atoms. The zero-order chi connectivity index (χ0) is 29.4. The fourth-order valence-corrected chi connectivity index (χ4v) is 10.1. The Morgan fingerprint density at radius 1 is 0.976 bits per heavy atom. The number of alkyl halides is 3. The lowest BCUT2D eigenvalue weighted by molar-refractivity contribution is -0.159. The maximum atomic E-state index is 15.2. The summed E-state index contributed by atoms with van der Waals surface area (Å²) in [6.45, 7) is 6.70. The number of anilines is 1. The van der Waals surface area contributed by atoms with Crippen LogP contribution in [0.2, 0.25) is 5.04 Å². The van der Waals surface area contributed by atoms with Crippen molar-refractivity contribution in [3.63, 3.8) is 0 Å². The van der Waals surface area contributed by atoms with Crippen LogP contribution in [0.4, 0.5) is 23.2 Å². The Kier molecular flexibility index (Phi) is 7.60. The van der Waals surface area contributed by atoms with Gasteiger partial charge in [-0.05, 0) is 40.0 Å². The SMILES string of the molecule is CC(C)(C)[Si](OCC1CCC(=O)N1c1ccc(-c2noc(C(F)(F)F)n2)c(F)c1)(c1ccccc1)c1ccccc1. The Bertz CT molecular complexity index is 1480. The van der Waals surface area contributed by atoms with Crippen molar-refractivity contribution in [1.29, 1.82) is 0 Å². The molecule has 1 aromatic heterocycles. The Morgan fingerprint density at radius 2 is 1.59 bits per heavy atom. The van der Waals surface area contributed by atoms with E-state index in [1.165, 1.54) is 17.0 Å². The Hall–Kier alpha value is -3.83. The van der Waals surface area contributed by atoms with Crippen LogP contribution < -0.4 is 15.3 Å². The van der Waals surface area contributed by atoms with Crippen molar-refractivity contribution in [2.24, 2.45) is 0 Å². The van der Waals surface area contributed by atoms with E-state index in [1.54, 1.807) is 0 Å². The third-order valence-corrected chi connectivity index (χ3v) is 12.4. The molecule has 6 nitrogen and oxygen atoms in total. The van der Waals surface area contributed by atoms with E-state index in [2.05, 4.69) is 59.7 Å². The minimum Gasteiger partial charge on any atom is -0.405 e. The fraction of sp³-hybridized carbons (Fsp3) is 0.300. The van der Waals surface area contributed by atoms with E-state index < -0.39 is 32.0 Å². The summed E-state index contributed by atoms with van der Waals surface area (Å²) in [5, 5.41) is 5.20. The molecule has 0 N–H and O–H groups in total. The molecule has 4 aromatic rings. The van der Waals surface area contributed by atoms with Crippen LogP contribution in [0.5, 0.6) is 0 Å². The van der Waals surface area contributed by atoms with Gasteiger partial charge in [-0.25, -0.2) is 4.39 Å². The molecule has 1 aliphatic rings. The lowest BCUT2D eigenvalue weighted by Gasteiger charge is -2.44. The highest BCUT2D eigenvalue weighted by molar-refractivity contribution is 6.99. The quantitative estimate of drug-likeness (QED) is 0.198. The van der Waals surface area contributed by atoms with Crippen molar-refractivity contribution < 1.29 is 31.3 Å². The number of carbonyl (C=O) groups is 1. The summed E-state index contributed by atoms with van der Waals surface area (Å²) in [4.78, 5) is 17.8. The molecule has 1 saturated heterocycles. The molecule has 0 bridgehead atoms. The summed E-state index contributed by atoms with van der Waals surface area (Å²) in [6, 6.07) is 23.7. The molecule has 0 radical (unpaired) electrons. The van der Waals surface area contributed by atoms with Crippen LogP contribution in [0, 0.1) is 5.82 Å². The van der Waals surface area contributed by atoms with Crippen molar-refractivity contribution >= 4 is 30.3 Å². The zero-order valence-electron chi connectivity index (χ0n) is 22.8. The van der Waals surface area contributed by atoms with E-state index in [1.807, 2.05) is 36.4 Å². The largest absolute Gasteiger partial charge is 0.471 e. The van der Waals surface area contributed by atoms with E-state index in [0.29, 0.717) is 6.42 Å². The molecule has 0 aliphatic carbocycles. The number of amides is 1. The third-order valence-electron chi connectivity index (χ3n) is 7.37. The highest BCUT2D eigenvalue weighted by Gasteiger charge is 2.51. The molecule has 2 heterocycles. The van der Waals surface area contributed by atoms with Crippen molar-refractivity contribution in [3.8, 4) is 11.4 Å². The van der Waals surface area contributed by atoms with Crippen LogP contribution in [0.25, 0.3) is 11.4 Å². The maximum Gasteiger partial charge on any atom is 0.471 e. The van der Waals surface area contributed by atoms with Gasteiger partial charge < -0.3 is 13.8 Å². The highest BCUT2D eigenvalue weighted by Crippen LogP contribution is 2.38. The summed E-state index contributed by atoms with van der Waals surface area (Å²) in [6.07, 6.45) is -4.07. The number of hydrogen-bond acceptors (Lipinski definition) is 5. The Balaban J connectivity index is 1.46. The zero-order valence-corrected chi connectivity index (χ0v) is 23.8. The number of carbonyl (C=O) groups excluding carboxylic acids is 1. The summed E-state index contributed by atoms with van der Waals surface area (Å²) in [5.41, 5.74) is 0.0177. The minimum absolute atomic E-state index is 0.188. The maximum absolute atomic E-state index is 15.2. The first-order chi connectivity index (χ1) is 19.4. The average molecular weight is 584 g/mol. The van der Waals surface area contributed by atoms with Gasteiger partial charge in [0.05, 0.1) is 18.2 Å². The number of rotatable bonds is 7. The van der Waals surface area contributed by atoms with Gasteiger partial charge in [0, 0.05) is 12.1 Å². The summed E-state index contributed by atoms with van der Waals surface area (Å²) >= 11 is 0. The molecule has 1 aliphatic heterocycles. The normalized spacial score (nSPS) is 16.4. The third kappa shape index (κ3) is 5.43. The first-order valence-electron chi connectivity index (χ1n) is 13.2. The summed E-state index contributed by atoms with van der Waals surface area (Å²) in [7, 11) is -2.88. The topological polar surface area (TPSA) is 68.5 Å². The van der Waals surface area contributed by atoms with Gasteiger partial charge in [0.15, 0.2) is 0 Å². The van der Waals surface area contributed by atoms with E-state index in [0.717, 1.165) is 16.4 Å². The smallest absolute Gasteiger partial charge is 0.405 e. The molecule has 0 saturated carbocycles. The second-order valence-corrected chi connectivity index (χ2v) is 15.3. The fourth-order valence-electron chi connectivity index (χ4n) is 5.52. The van der Waals surface area contributed by atoms with Gasteiger partial charge in [-0.2, -0.15) is 18.2 Å². The molecular formula is C30H29F4N3O3Si. The predicted octanol–water partition coefficient (Wildman–Crippen LogP) is 5.97. The van der Waals surface area contributed by atoms with Crippen LogP contribution >= 0.6 is 0 Å². The molecule has 11 heteroatoms. The lowest BCUT2D eigenvalue weighted by atomic mass is 10.1. The highest BCUT2D eigenvalue weighted by atomic mass is 28.4. The number of nitrogens with zero attached hydrogens (tertiary/aromatic N) is 3. The average Bonchev–Trinajstić information content (AvgIpc) is 3.57. The van der Waals surface area contributed by atoms with Crippen molar-refractivity contribution in [1.82, 2.24) is 10.1 Å². The molecule has 41 heavy (non-hydrogen) atoms. The van der Waals surface area contributed by atoms with Gasteiger partial charge in [0.2, 0.25) is 11.7 Å². The van der Waals surface area contributed by atoms with E-state index >= 15 is 4.39 Å². The summed E-state index contributed by atoms with van der Waals surface area (Å²) in [5.74, 6) is -3.15. The van der Waals surface area contributed by atoms with Crippen LogP contribution in [0.15, 0.2) is 83.4 Å². The number of benzene rings is 3. The molecule has 3 aromatic carbocycles. The van der Waals surface area contributed by atoms with Crippen molar-refractivity contribution in [2.75, 3.05) is 11.5 Å². The van der Waals surface area contributed by atoms with E-state index in [-0.39, 0.29) is 41.3 Å². The summed E-state index contributed by atoms with van der Waals surface area (Å²) < 4.78 is 65.0. The van der Waals surface area contributed by atoms with Gasteiger partial charge in [-0.3, -0.25) is 4.79 Å². The van der Waals surface area contributed by atoms with Crippen LogP contribution in [-0.2, 0) is 15.4 Å². The predicted molar refractivity (Wildman–Crippen MR) is 149 cm³/mol. The van der Waals surface area contributed by atoms with Gasteiger partial charge in [-0.15, -0.1) is 0 Å². The number of halogens is 4. The second-order valence-electron chi connectivity index (χ2n) is 11.0. The molecule has 214 valence electrons. The molecule has 1 amide bonds. The van der Waals surface area contributed by atoms with Crippen molar-refractivity contribution in [2.45, 2.75) is 50.9 Å². The monoisotopic (exact) mass is 583 g/mol. The first-order valence-corrected chi connectivity index (χ1v) is 15.1. The van der Waals surface area contributed by atoms with Crippen molar-refractivity contribution in [3.05, 3.63) is 90.6 Å². The van der Waals surface area contributed by atoms with Gasteiger partial charge in [0.1, 0.15) is 5.82 Å². The van der Waals surface area contributed by atoms with Gasteiger partial charge in [0.25, 0.3) is 8.32 Å². The van der Waals surface area contributed by atoms with E-state index in [9.17, 15) is 18.0 Å². The number of hydrogen-bond donors (Lipinski definition) is 0. The Labute approximate surface area is 236 Å². The second kappa shape index (κ2) is 10.9.